The lowest BCUT2D eigenvalue weighted by Crippen LogP contribution is -2.15. The molecule has 98 valence electrons. The van der Waals surface area contributed by atoms with E-state index in [1.54, 1.807) is 18.3 Å². The predicted molar refractivity (Wildman–Crippen MR) is 76.2 cm³/mol. The average molecular weight is 362 g/mol. The number of benzene rings is 1. The summed E-state index contributed by atoms with van der Waals surface area (Å²) in [5, 5.41) is 0.811. The number of hydrogen-bond acceptors (Lipinski definition) is 4. The van der Waals surface area contributed by atoms with Gasteiger partial charge >= 0.3 is 0 Å². The van der Waals surface area contributed by atoms with Gasteiger partial charge in [0, 0.05) is 11.8 Å². The minimum atomic E-state index is 0.344. The fraction of sp³-hybridized carbons (Fsp3) is 0.167. The quantitative estimate of drug-likeness (QED) is 0.720. The van der Waals surface area contributed by atoms with E-state index < -0.39 is 0 Å². The van der Waals surface area contributed by atoms with Crippen LogP contribution in [0.4, 0.5) is 0 Å². The van der Waals surface area contributed by atoms with Crippen LogP contribution in [-0.2, 0) is 0 Å². The van der Waals surface area contributed by atoms with Crippen molar-refractivity contribution in [1.82, 2.24) is 9.97 Å². The molecule has 0 saturated heterocycles. The molecule has 3 rings (SSSR count). The van der Waals surface area contributed by atoms with E-state index >= 15 is 0 Å². The summed E-state index contributed by atoms with van der Waals surface area (Å²) in [7, 11) is 0. The Bertz CT molecular complexity index is 652. The van der Waals surface area contributed by atoms with Crippen molar-refractivity contribution >= 4 is 39.1 Å². The van der Waals surface area contributed by atoms with Crippen molar-refractivity contribution in [2.45, 2.75) is 0 Å². The first-order valence-corrected chi connectivity index (χ1v) is 6.97. The first kappa shape index (κ1) is 13.0. The Kier molecular flexibility index (Phi) is 3.52. The highest BCUT2D eigenvalue weighted by Crippen LogP contribution is 2.40. The van der Waals surface area contributed by atoms with Crippen LogP contribution in [0.5, 0.6) is 11.5 Å². The van der Waals surface area contributed by atoms with Gasteiger partial charge in [0.05, 0.1) is 9.50 Å². The van der Waals surface area contributed by atoms with Crippen LogP contribution in [0.3, 0.4) is 0 Å². The first-order chi connectivity index (χ1) is 9.15. The Balaban J connectivity index is 2.10. The number of halogens is 3. The van der Waals surface area contributed by atoms with Gasteiger partial charge in [0.15, 0.2) is 17.3 Å². The van der Waals surface area contributed by atoms with Gasteiger partial charge in [-0.25, -0.2) is 9.97 Å². The molecule has 19 heavy (non-hydrogen) atoms. The van der Waals surface area contributed by atoms with Gasteiger partial charge in [0.1, 0.15) is 18.4 Å². The van der Waals surface area contributed by atoms with E-state index in [1.807, 2.05) is 0 Å². The monoisotopic (exact) mass is 360 g/mol. The fourth-order valence-electron chi connectivity index (χ4n) is 1.73. The van der Waals surface area contributed by atoms with Crippen molar-refractivity contribution in [2.24, 2.45) is 0 Å². The molecule has 1 aromatic carbocycles. The summed E-state index contributed by atoms with van der Waals surface area (Å²) in [5.74, 6) is 1.63. The summed E-state index contributed by atoms with van der Waals surface area (Å²) in [6.45, 7) is 0.988. The van der Waals surface area contributed by atoms with E-state index in [-0.39, 0.29) is 0 Å². The normalized spacial score (nSPS) is 13.4. The first-order valence-electron chi connectivity index (χ1n) is 5.42. The highest BCUT2D eigenvalue weighted by molar-refractivity contribution is 9.10. The van der Waals surface area contributed by atoms with E-state index in [0.717, 1.165) is 5.56 Å². The Hall–Kier alpha value is -1.04. The van der Waals surface area contributed by atoms with Gasteiger partial charge in [0.25, 0.3) is 0 Å². The number of fused-ring (bicyclic) bond motifs is 1. The van der Waals surface area contributed by atoms with Crippen molar-refractivity contribution < 1.29 is 9.47 Å². The summed E-state index contributed by atoms with van der Waals surface area (Å²) in [4.78, 5) is 8.39. The van der Waals surface area contributed by atoms with Crippen molar-refractivity contribution in [3.8, 4) is 22.9 Å². The summed E-state index contributed by atoms with van der Waals surface area (Å²) >= 11 is 15.4. The Labute approximate surface area is 127 Å². The van der Waals surface area contributed by atoms with Crippen LogP contribution in [0, 0.1) is 0 Å². The van der Waals surface area contributed by atoms with Gasteiger partial charge in [-0.05, 0) is 28.1 Å². The second-order valence-electron chi connectivity index (χ2n) is 3.81. The molecule has 0 bridgehead atoms. The molecule has 0 amide bonds. The number of nitrogens with zero attached hydrogens (tertiary/aromatic N) is 2. The zero-order valence-corrected chi connectivity index (χ0v) is 12.6. The minimum absolute atomic E-state index is 0.344. The third kappa shape index (κ3) is 2.50. The van der Waals surface area contributed by atoms with Crippen molar-refractivity contribution in [3.63, 3.8) is 0 Å². The number of hydrogen-bond donors (Lipinski definition) is 0. The van der Waals surface area contributed by atoms with Gasteiger partial charge < -0.3 is 9.47 Å². The molecule has 0 N–H and O–H groups in total. The molecule has 1 aliphatic heterocycles. The molecule has 2 aromatic rings. The van der Waals surface area contributed by atoms with Gasteiger partial charge in [-0.15, -0.1) is 0 Å². The van der Waals surface area contributed by atoms with E-state index in [4.69, 9.17) is 32.7 Å². The largest absolute Gasteiger partial charge is 0.486 e. The van der Waals surface area contributed by atoms with E-state index in [9.17, 15) is 0 Å². The third-order valence-electron chi connectivity index (χ3n) is 2.56. The van der Waals surface area contributed by atoms with Crippen LogP contribution in [0.2, 0.25) is 10.2 Å². The summed E-state index contributed by atoms with van der Waals surface area (Å²) in [5.41, 5.74) is 0.726. The second kappa shape index (κ2) is 5.15. The van der Waals surface area contributed by atoms with Crippen molar-refractivity contribution in [3.05, 3.63) is 33.0 Å². The third-order valence-corrected chi connectivity index (χ3v) is 3.93. The predicted octanol–water partition coefficient (Wildman–Crippen LogP) is 3.98. The zero-order valence-electron chi connectivity index (χ0n) is 9.49. The lowest BCUT2D eigenvalue weighted by Gasteiger charge is -2.20. The van der Waals surface area contributed by atoms with Crippen LogP contribution in [-0.4, -0.2) is 23.2 Å². The molecule has 4 nitrogen and oxygen atoms in total. The van der Waals surface area contributed by atoms with E-state index in [0.29, 0.717) is 45.2 Å². The molecule has 0 saturated carbocycles. The Morgan fingerprint density at radius 2 is 1.95 bits per heavy atom. The maximum absolute atomic E-state index is 6.17. The summed E-state index contributed by atoms with van der Waals surface area (Å²) in [6, 6.07) is 3.52. The SMILES string of the molecule is Clc1cc(-c2ncc(Br)c(Cl)n2)cc2c1OCCO2. The smallest absolute Gasteiger partial charge is 0.179 e. The van der Waals surface area contributed by atoms with Gasteiger partial charge in [-0.3, -0.25) is 0 Å². The van der Waals surface area contributed by atoms with E-state index in [1.165, 1.54) is 0 Å². The van der Waals surface area contributed by atoms with Crippen LogP contribution < -0.4 is 9.47 Å². The lowest BCUT2D eigenvalue weighted by atomic mass is 10.2. The Morgan fingerprint density at radius 1 is 1.16 bits per heavy atom. The fourth-order valence-corrected chi connectivity index (χ4v) is 2.31. The summed E-state index contributed by atoms with van der Waals surface area (Å²) in [6.07, 6.45) is 1.59. The summed E-state index contributed by atoms with van der Waals surface area (Å²) < 4.78 is 11.6. The maximum atomic E-state index is 6.17. The molecule has 1 aliphatic rings. The number of ether oxygens (including phenoxy) is 2. The highest BCUT2D eigenvalue weighted by atomic mass is 79.9. The molecule has 0 aliphatic carbocycles. The second-order valence-corrected chi connectivity index (χ2v) is 5.43. The molecule has 0 radical (unpaired) electrons. The highest BCUT2D eigenvalue weighted by Gasteiger charge is 2.18. The topological polar surface area (TPSA) is 44.2 Å². The number of aromatic nitrogens is 2. The van der Waals surface area contributed by atoms with Crippen LogP contribution >= 0.6 is 39.1 Å². The Morgan fingerprint density at radius 3 is 2.74 bits per heavy atom. The zero-order chi connectivity index (χ0) is 13.4. The van der Waals surface area contributed by atoms with Crippen LogP contribution in [0.1, 0.15) is 0 Å². The van der Waals surface area contributed by atoms with Gasteiger partial charge in [0.2, 0.25) is 0 Å². The maximum Gasteiger partial charge on any atom is 0.179 e. The lowest BCUT2D eigenvalue weighted by molar-refractivity contribution is 0.172. The molecule has 1 aromatic heterocycles. The molecule has 0 unspecified atom stereocenters. The van der Waals surface area contributed by atoms with Crippen molar-refractivity contribution in [2.75, 3.05) is 13.2 Å². The molecular formula is C12H7BrCl2N2O2. The molecular weight excluding hydrogens is 355 g/mol. The minimum Gasteiger partial charge on any atom is -0.486 e. The van der Waals surface area contributed by atoms with Crippen LogP contribution in [0.25, 0.3) is 11.4 Å². The molecule has 2 heterocycles. The molecule has 7 heteroatoms. The van der Waals surface area contributed by atoms with Gasteiger partial charge in [-0.2, -0.15) is 0 Å². The van der Waals surface area contributed by atoms with Crippen LogP contribution in [0.15, 0.2) is 22.8 Å². The molecule has 0 atom stereocenters. The van der Waals surface area contributed by atoms with E-state index in [2.05, 4.69) is 25.9 Å². The number of rotatable bonds is 1. The average Bonchev–Trinajstić information content (AvgIpc) is 2.42. The molecule has 0 fully saturated rings. The van der Waals surface area contributed by atoms with Gasteiger partial charge in [-0.1, -0.05) is 23.2 Å². The standard InChI is InChI=1S/C12H7BrCl2N2O2/c13-7-5-16-12(17-11(7)15)6-3-8(14)10-9(4-6)18-1-2-19-10/h3-5H,1-2H2. The molecule has 0 spiro atoms. The van der Waals surface area contributed by atoms with Crippen molar-refractivity contribution in [1.29, 1.82) is 0 Å².